The van der Waals surface area contributed by atoms with Crippen LogP contribution < -0.4 is 0 Å². The maximum absolute atomic E-state index is 10.4. The van der Waals surface area contributed by atoms with Crippen molar-refractivity contribution in [3.05, 3.63) is 82.4 Å². The summed E-state index contributed by atoms with van der Waals surface area (Å²) in [5.41, 5.74) is 6.10. The molecule has 3 aromatic rings. The molecular weight excluding hydrogens is 268 g/mol. The van der Waals surface area contributed by atoms with Crippen molar-refractivity contribution in [2.24, 2.45) is 0 Å². The van der Waals surface area contributed by atoms with Gasteiger partial charge in [0.25, 0.3) is 0 Å². The molecule has 0 fully saturated rings. The number of hydrogen-bond donors (Lipinski definition) is 1. The quantitative estimate of drug-likeness (QED) is 0.700. The van der Waals surface area contributed by atoms with Gasteiger partial charge >= 0.3 is 0 Å². The molecule has 1 heteroatoms. The van der Waals surface area contributed by atoms with Gasteiger partial charge in [-0.2, -0.15) is 0 Å². The molecule has 0 heterocycles. The highest BCUT2D eigenvalue weighted by Crippen LogP contribution is 2.38. The van der Waals surface area contributed by atoms with Gasteiger partial charge in [-0.1, -0.05) is 60.2 Å². The van der Waals surface area contributed by atoms with Crippen LogP contribution in [0.4, 0.5) is 0 Å². The molecule has 3 aromatic carbocycles. The van der Waals surface area contributed by atoms with Gasteiger partial charge in [-0.25, -0.2) is 0 Å². The van der Waals surface area contributed by atoms with E-state index >= 15 is 0 Å². The van der Waals surface area contributed by atoms with E-state index in [4.69, 9.17) is 0 Å². The fourth-order valence-electron chi connectivity index (χ4n) is 3.50. The van der Waals surface area contributed by atoms with Crippen LogP contribution in [0, 0.1) is 6.92 Å². The van der Waals surface area contributed by atoms with Crippen LogP contribution in [0.2, 0.25) is 0 Å². The van der Waals surface area contributed by atoms with Crippen molar-refractivity contribution in [1.82, 2.24) is 0 Å². The number of aryl methyl sites for hydroxylation is 1. The first-order chi connectivity index (χ1) is 10.7. The van der Waals surface area contributed by atoms with E-state index in [-0.39, 0.29) is 0 Å². The van der Waals surface area contributed by atoms with Crippen molar-refractivity contribution in [3.63, 3.8) is 0 Å². The Morgan fingerprint density at radius 2 is 1.82 bits per heavy atom. The molecule has 0 spiro atoms. The topological polar surface area (TPSA) is 20.2 Å². The molecule has 0 aliphatic heterocycles. The van der Waals surface area contributed by atoms with E-state index in [1.807, 2.05) is 12.1 Å². The molecule has 0 bridgehead atoms. The van der Waals surface area contributed by atoms with Crippen LogP contribution in [0.15, 0.2) is 60.2 Å². The monoisotopic (exact) mass is 286 g/mol. The minimum absolute atomic E-state index is 0.391. The molecule has 1 aliphatic rings. The minimum atomic E-state index is 0.391. The fraction of sp³-hybridized carbons (Fsp3) is 0.143. The number of phenols is 1. The van der Waals surface area contributed by atoms with Crippen molar-refractivity contribution in [2.45, 2.75) is 19.8 Å². The average Bonchev–Trinajstić information content (AvgIpc) is 2.53. The van der Waals surface area contributed by atoms with Gasteiger partial charge in [0.15, 0.2) is 0 Å². The van der Waals surface area contributed by atoms with E-state index in [2.05, 4.69) is 55.5 Å². The van der Waals surface area contributed by atoms with E-state index < -0.39 is 0 Å². The molecule has 1 nitrogen and oxygen atoms in total. The molecule has 0 saturated carbocycles. The summed E-state index contributed by atoms with van der Waals surface area (Å²) in [6, 6.07) is 18.8. The van der Waals surface area contributed by atoms with Crippen LogP contribution in [0.3, 0.4) is 0 Å². The van der Waals surface area contributed by atoms with Crippen LogP contribution in [0.1, 0.15) is 22.3 Å². The Morgan fingerprint density at radius 1 is 1.00 bits per heavy atom. The first-order valence-electron chi connectivity index (χ1n) is 7.70. The molecule has 1 N–H and O–H groups in total. The summed E-state index contributed by atoms with van der Waals surface area (Å²) in [5, 5.41) is 12.9. The Morgan fingerprint density at radius 3 is 2.64 bits per heavy atom. The molecule has 108 valence electrons. The summed E-state index contributed by atoms with van der Waals surface area (Å²) >= 11 is 0. The first-order valence-corrected chi connectivity index (χ1v) is 7.70. The number of allylic oxidation sites excluding steroid dienone is 1. The molecule has 1 aliphatic carbocycles. The van der Waals surface area contributed by atoms with Crippen LogP contribution in [0.5, 0.6) is 5.75 Å². The highest BCUT2D eigenvalue weighted by atomic mass is 16.3. The third kappa shape index (κ3) is 2.10. The molecule has 22 heavy (non-hydrogen) atoms. The summed E-state index contributed by atoms with van der Waals surface area (Å²) in [7, 11) is 0. The molecule has 0 atom stereocenters. The summed E-state index contributed by atoms with van der Waals surface area (Å²) < 4.78 is 0. The highest BCUT2D eigenvalue weighted by molar-refractivity contribution is 5.99. The Balaban J connectivity index is 1.86. The summed E-state index contributed by atoms with van der Waals surface area (Å²) in [5.74, 6) is 0.391. The Hall–Kier alpha value is -2.54. The predicted octanol–water partition coefficient (Wildman–Crippen LogP) is 5.04. The third-order valence-corrected chi connectivity index (χ3v) is 4.51. The molecule has 0 unspecified atom stereocenters. The minimum Gasteiger partial charge on any atom is -0.507 e. The fourth-order valence-corrected chi connectivity index (χ4v) is 3.50. The van der Waals surface area contributed by atoms with Gasteiger partial charge in [0, 0.05) is 5.56 Å². The second-order valence-electron chi connectivity index (χ2n) is 6.11. The molecular formula is C21H18O. The molecule has 0 aromatic heterocycles. The lowest BCUT2D eigenvalue weighted by Crippen LogP contribution is -2.03. The van der Waals surface area contributed by atoms with Crippen LogP contribution >= 0.6 is 0 Å². The van der Waals surface area contributed by atoms with Crippen molar-refractivity contribution in [1.29, 1.82) is 0 Å². The smallest absolute Gasteiger partial charge is 0.123 e. The van der Waals surface area contributed by atoms with E-state index in [1.54, 1.807) is 0 Å². The van der Waals surface area contributed by atoms with E-state index in [0.29, 0.717) is 5.75 Å². The Labute approximate surface area is 130 Å². The predicted molar refractivity (Wildman–Crippen MR) is 92.2 cm³/mol. The van der Waals surface area contributed by atoms with Gasteiger partial charge < -0.3 is 5.11 Å². The van der Waals surface area contributed by atoms with E-state index in [9.17, 15) is 5.11 Å². The van der Waals surface area contributed by atoms with Gasteiger partial charge in [-0.3, -0.25) is 0 Å². The SMILES string of the molecule is Cc1cc(O)c2c3c(cccc13)CC(Cc1ccccc1)=C2. The second kappa shape index (κ2) is 5.03. The summed E-state index contributed by atoms with van der Waals surface area (Å²) in [6.45, 7) is 2.06. The summed E-state index contributed by atoms with van der Waals surface area (Å²) in [4.78, 5) is 0. The van der Waals surface area contributed by atoms with Gasteiger partial charge in [0.2, 0.25) is 0 Å². The number of benzene rings is 3. The largest absolute Gasteiger partial charge is 0.507 e. The van der Waals surface area contributed by atoms with E-state index in [1.165, 1.54) is 27.5 Å². The second-order valence-corrected chi connectivity index (χ2v) is 6.11. The zero-order valence-corrected chi connectivity index (χ0v) is 12.6. The lowest BCUT2D eigenvalue weighted by atomic mass is 9.85. The standard InChI is InChI=1S/C21H18O/c1-14-10-20(22)19-13-16(11-15-6-3-2-4-7-15)12-17-8-5-9-18(14)21(17)19/h2-10,13,22H,11-12H2,1H3. The maximum atomic E-state index is 10.4. The van der Waals surface area contributed by atoms with Gasteiger partial charge in [0.05, 0.1) is 0 Å². The number of aromatic hydroxyl groups is 1. The normalized spacial score (nSPS) is 13.2. The molecule has 0 amide bonds. The highest BCUT2D eigenvalue weighted by Gasteiger charge is 2.17. The zero-order chi connectivity index (χ0) is 15.1. The summed E-state index contributed by atoms with van der Waals surface area (Å²) in [6.07, 6.45) is 4.07. The van der Waals surface area contributed by atoms with Gasteiger partial charge in [-0.15, -0.1) is 0 Å². The number of hydrogen-bond acceptors (Lipinski definition) is 1. The van der Waals surface area contributed by atoms with Crippen LogP contribution in [-0.4, -0.2) is 5.11 Å². The number of phenolic OH excluding ortho intramolecular Hbond substituents is 1. The molecule has 4 rings (SSSR count). The molecule has 0 saturated heterocycles. The van der Waals surface area contributed by atoms with Crippen molar-refractivity contribution >= 4 is 16.8 Å². The van der Waals surface area contributed by atoms with Crippen LogP contribution in [-0.2, 0) is 12.8 Å². The van der Waals surface area contributed by atoms with Crippen molar-refractivity contribution < 1.29 is 5.11 Å². The lowest BCUT2D eigenvalue weighted by Gasteiger charge is -2.20. The van der Waals surface area contributed by atoms with Gasteiger partial charge in [0.1, 0.15) is 5.75 Å². The third-order valence-electron chi connectivity index (χ3n) is 4.51. The van der Waals surface area contributed by atoms with E-state index in [0.717, 1.165) is 24.0 Å². The first kappa shape index (κ1) is 13.1. The Kier molecular flexibility index (Phi) is 3.00. The zero-order valence-electron chi connectivity index (χ0n) is 12.6. The van der Waals surface area contributed by atoms with Crippen molar-refractivity contribution in [3.8, 4) is 5.75 Å². The lowest BCUT2D eigenvalue weighted by molar-refractivity contribution is 0.474. The number of rotatable bonds is 2. The average molecular weight is 286 g/mol. The van der Waals surface area contributed by atoms with Crippen LogP contribution in [0.25, 0.3) is 16.8 Å². The maximum Gasteiger partial charge on any atom is 0.123 e. The Bertz CT molecular complexity index is 889. The molecule has 0 radical (unpaired) electrons. The van der Waals surface area contributed by atoms with Crippen molar-refractivity contribution in [2.75, 3.05) is 0 Å². The van der Waals surface area contributed by atoms with Gasteiger partial charge in [-0.05, 0) is 53.3 Å².